The van der Waals surface area contributed by atoms with E-state index in [4.69, 9.17) is 9.72 Å². The molecule has 0 bridgehead atoms. The van der Waals surface area contributed by atoms with Gasteiger partial charge in [0.25, 0.3) is 0 Å². The summed E-state index contributed by atoms with van der Waals surface area (Å²) >= 11 is 0. The Hall–Kier alpha value is -2.34. The topological polar surface area (TPSA) is 68.2 Å². The Kier molecular flexibility index (Phi) is 4.91. The molecule has 4 heterocycles. The van der Waals surface area contributed by atoms with Crippen molar-refractivity contribution in [2.75, 3.05) is 19.7 Å². The molecule has 1 spiro atoms. The molecule has 2 aromatic heterocycles. The number of likely N-dealkylation sites (tertiary alicyclic amines) is 1. The number of carbonyl (C=O) groups excluding carboxylic acids is 1. The van der Waals surface area contributed by atoms with Gasteiger partial charge in [-0.15, -0.1) is 0 Å². The number of pyridine rings is 1. The van der Waals surface area contributed by atoms with Crippen LogP contribution >= 0.6 is 0 Å². The second-order valence-electron chi connectivity index (χ2n) is 8.08. The van der Waals surface area contributed by atoms with Crippen LogP contribution in [0.5, 0.6) is 0 Å². The van der Waals surface area contributed by atoms with Crippen LogP contribution in [0.25, 0.3) is 11.4 Å². The van der Waals surface area contributed by atoms with Gasteiger partial charge in [-0.3, -0.25) is 9.78 Å². The van der Waals surface area contributed by atoms with E-state index >= 15 is 0 Å². The largest absolute Gasteiger partial charge is 0.376 e. The van der Waals surface area contributed by atoms with Gasteiger partial charge in [0.2, 0.25) is 5.91 Å². The first-order chi connectivity index (χ1) is 13.1. The molecular formula is C21H26N4O2. The Morgan fingerprint density at radius 2 is 2.26 bits per heavy atom. The van der Waals surface area contributed by atoms with E-state index in [0.717, 1.165) is 36.2 Å². The summed E-state index contributed by atoms with van der Waals surface area (Å²) in [5.41, 5.74) is 2.76. The first kappa shape index (κ1) is 18.0. The molecule has 1 fully saturated rings. The number of hydrogen-bond donors (Lipinski definition) is 0. The van der Waals surface area contributed by atoms with Gasteiger partial charge in [-0.05, 0) is 30.9 Å². The number of carbonyl (C=O) groups is 1. The van der Waals surface area contributed by atoms with Gasteiger partial charge in [-0.2, -0.15) is 0 Å². The number of fused-ring (bicyclic) bond motifs is 2. The maximum atomic E-state index is 12.6. The highest BCUT2D eigenvalue weighted by Gasteiger charge is 2.46. The minimum absolute atomic E-state index is 0.221. The van der Waals surface area contributed by atoms with E-state index < -0.39 is 0 Å². The smallest absolute Gasteiger partial charge is 0.222 e. The number of hydrogen-bond acceptors (Lipinski definition) is 5. The predicted molar refractivity (Wildman–Crippen MR) is 102 cm³/mol. The molecule has 2 aliphatic rings. The highest BCUT2D eigenvalue weighted by atomic mass is 16.5. The van der Waals surface area contributed by atoms with Gasteiger partial charge in [0, 0.05) is 49.2 Å². The molecule has 4 rings (SSSR count). The van der Waals surface area contributed by atoms with Crippen LogP contribution in [0.4, 0.5) is 0 Å². The van der Waals surface area contributed by atoms with Gasteiger partial charge in [0.1, 0.15) is 0 Å². The van der Waals surface area contributed by atoms with Crippen molar-refractivity contribution < 1.29 is 9.53 Å². The summed E-state index contributed by atoms with van der Waals surface area (Å²) in [6.45, 7) is 6.90. The molecule has 1 saturated heterocycles. The summed E-state index contributed by atoms with van der Waals surface area (Å²) in [6.07, 6.45) is 7.83. The van der Waals surface area contributed by atoms with Gasteiger partial charge in [-0.1, -0.05) is 13.8 Å². The number of rotatable bonds is 4. The van der Waals surface area contributed by atoms with E-state index in [0.29, 0.717) is 37.9 Å². The van der Waals surface area contributed by atoms with E-state index in [1.165, 1.54) is 0 Å². The molecule has 6 heteroatoms. The molecule has 0 N–H and O–H groups in total. The fourth-order valence-corrected chi connectivity index (χ4v) is 4.00. The van der Waals surface area contributed by atoms with Crippen molar-refractivity contribution in [3.05, 3.63) is 42.0 Å². The summed E-state index contributed by atoms with van der Waals surface area (Å²) < 4.78 is 5.88. The Bertz CT molecular complexity index is 824. The number of nitrogens with zero attached hydrogens (tertiary/aromatic N) is 4. The standard InChI is InChI=1S/C21H26N4O2/c1-15(2)5-6-18(26)25-9-7-21(13-25)14-27-12-17-11-23-20(24-19(17)21)16-4-3-8-22-10-16/h3-4,8,10-11,15H,5-7,9,12-14H2,1-2H3. The molecule has 2 aromatic rings. The van der Waals surface area contributed by atoms with Crippen molar-refractivity contribution in [1.82, 2.24) is 19.9 Å². The number of amides is 1. The molecule has 1 atom stereocenters. The zero-order chi connectivity index (χ0) is 18.9. The van der Waals surface area contributed by atoms with E-state index in [1.54, 1.807) is 12.4 Å². The summed E-state index contributed by atoms with van der Waals surface area (Å²) in [4.78, 5) is 28.2. The normalized spacial score (nSPS) is 21.7. The van der Waals surface area contributed by atoms with E-state index in [9.17, 15) is 4.79 Å². The molecule has 0 aliphatic carbocycles. The first-order valence-corrected chi connectivity index (χ1v) is 9.70. The maximum Gasteiger partial charge on any atom is 0.222 e. The molecule has 27 heavy (non-hydrogen) atoms. The van der Waals surface area contributed by atoms with Crippen LogP contribution in [0.2, 0.25) is 0 Å². The number of ether oxygens (including phenoxy) is 1. The second kappa shape index (κ2) is 7.35. The monoisotopic (exact) mass is 366 g/mol. The molecule has 1 amide bonds. The Morgan fingerprint density at radius 3 is 3.04 bits per heavy atom. The lowest BCUT2D eigenvalue weighted by atomic mass is 9.80. The third kappa shape index (κ3) is 3.58. The molecule has 6 nitrogen and oxygen atoms in total. The van der Waals surface area contributed by atoms with E-state index in [1.807, 2.05) is 23.2 Å². The first-order valence-electron chi connectivity index (χ1n) is 9.70. The third-order valence-electron chi connectivity index (χ3n) is 5.56. The molecule has 1 unspecified atom stereocenters. The zero-order valence-corrected chi connectivity index (χ0v) is 16.0. The van der Waals surface area contributed by atoms with Crippen LogP contribution in [0, 0.1) is 5.92 Å². The van der Waals surface area contributed by atoms with Crippen molar-refractivity contribution in [2.45, 2.75) is 45.1 Å². The van der Waals surface area contributed by atoms with Crippen molar-refractivity contribution in [2.24, 2.45) is 5.92 Å². The van der Waals surface area contributed by atoms with Crippen LogP contribution in [0.1, 0.15) is 44.4 Å². The average molecular weight is 366 g/mol. The molecule has 0 aromatic carbocycles. The summed E-state index contributed by atoms with van der Waals surface area (Å²) in [5, 5.41) is 0. The minimum atomic E-state index is -0.221. The van der Waals surface area contributed by atoms with Gasteiger partial charge < -0.3 is 9.64 Å². The highest BCUT2D eigenvalue weighted by Crippen LogP contribution is 2.39. The molecular weight excluding hydrogens is 340 g/mol. The fourth-order valence-electron chi connectivity index (χ4n) is 4.00. The summed E-state index contributed by atoms with van der Waals surface area (Å²) in [5.74, 6) is 1.47. The molecule has 142 valence electrons. The van der Waals surface area contributed by atoms with Crippen LogP contribution < -0.4 is 0 Å². The molecule has 0 radical (unpaired) electrons. The van der Waals surface area contributed by atoms with Gasteiger partial charge in [-0.25, -0.2) is 9.97 Å². The van der Waals surface area contributed by atoms with Gasteiger partial charge in [0.15, 0.2) is 5.82 Å². The lowest BCUT2D eigenvalue weighted by Crippen LogP contribution is -2.41. The van der Waals surface area contributed by atoms with Crippen LogP contribution in [-0.4, -0.2) is 45.5 Å². The van der Waals surface area contributed by atoms with Crippen molar-refractivity contribution in [1.29, 1.82) is 0 Å². The second-order valence-corrected chi connectivity index (χ2v) is 8.08. The predicted octanol–water partition coefficient (Wildman–Crippen LogP) is 2.98. The van der Waals surface area contributed by atoms with Crippen molar-refractivity contribution in [3.63, 3.8) is 0 Å². The lowest BCUT2D eigenvalue weighted by Gasteiger charge is -2.34. The van der Waals surface area contributed by atoms with E-state index in [-0.39, 0.29) is 11.3 Å². The zero-order valence-electron chi connectivity index (χ0n) is 16.0. The van der Waals surface area contributed by atoms with Gasteiger partial charge in [0.05, 0.1) is 24.3 Å². The van der Waals surface area contributed by atoms with E-state index in [2.05, 4.69) is 23.8 Å². The maximum absolute atomic E-state index is 12.6. The summed E-state index contributed by atoms with van der Waals surface area (Å²) in [7, 11) is 0. The average Bonchev–Trinajstić information content (AvgIpc) is 3.12. The SMILES string of the molecule is CC(C)CCC(=O)N1CCC2(COCc3cnc(-c4cccnc4)nc32)C1. The highest BCUT2D eigenvalue weighted by molar-refractivity contribution is 5.76. The lowest BCUT2D eigenvalue weighted by molar-refractivity contribution is -0.130. The minimum Gasteiger partial charge on any atom is -0.376 e. The Balaban J connectivity index is 1.60. The Morgan fingerprint density at radius 1 is 1.37 bits per heavy atom. The Labute approximate surface area is 160 Å². The van der Waals surface area contributed by atoms with Crippen molar-refractivity contribution >= 4 is 5.91 Å². The van der Waals surface area contributed by atoms with Gasteiger partial charge >= 0.3 is 0 Å². The fraction of sp³-hybridized carbons (Fsp3) is 0.524. The van der Waals surface area contributed by atoms with Crippen LogP contribution in [0.3, 0.4) is 0 Å². The number of aromatic nitrogens is 3. The molecule has 2 aliphatic heterocycles. The van der Waals surface area contributed by atoms with Crippen molar-refractivity contribution in [3.8, 4) is 11.4 Å². The third-order valence-corrected chi connectivity index (χ3v) is 5.56. The molecule has 0 saturated carbocycles. The van der Waals surface area contributed by atoms with Crippen LogP contribution in [0.15, 0.2) is 30.7 Å². The summed E-state index contributed by atoms with van der Waals surface area (Å²) in [6, 6.07) is 3.86. The quantitative estimate of drug-likeness (QED) is 0.832. The van der Waals surface area contributed by atoms with Crippen LogP contribution in [-0.2, 0) is 21.6 Å².